The molecule has 24 heavy (non-hydrogen) atoms. The van der Waals surface area contributed by atoms with Crippen LogP contribution in [0.1, 0.15) is 5.56 Å². The van der Waals surface area contributed by atoms with Crippen molar-refractivity contribution < 1.29 is 23.5 Å². The highest BCUT2D eigenvalue weighted by Crippen LogP contribution is 2.32. The lowest BCUT2D eigenvalue weighted by atomic mass is 10.1. The van der Waals surface area contributed by atoms with Crippen LogP contribution in [0.3, 0.4) is 0 Å². The second-order valence-electron chi connectivity index (χ2n) is 4.87. The van der Waals surface area contributed by atoms with Crippen molar-refractivity contribution in [1.82, 2.24) is 0 Å². The summed E-state index contributed by atoms with van der Waals surface area (Å²) in [6, 6.07) is 3.12. The van der Waals surface area contributed by atoms with Crippen LogP contribution in [0.4, 0.5) is 10.1 Å². The molecule has 1 aliphatic rings. The molecule has 0 unspecified atom stereocenters. The SMILES string of the molecule is COC(=O)C1=C(C(=O)OC)N(c2cc(Br)cc(C)c2F)C=CC=C1. The largest absolute Gasteiger partial charge is 0.465 e. The van der Waals surface area contributed by atoms with Gasteiger partial charge in [0, 0.05) is 10.7 Å². The van der Waals surface area contributed by atoms with E-state index >= 15 is 0 Å². The second kappa shape index (κ2) is 7.44. The Kier molecular flexibility index (Phi) is 5.56. The fourth-order valence-corrected chi connectivity index (χ4v) is 2.79. The average molecular weight is 396 g/mol. The smallest absolute Gasteiger partial charge is 0.355 e. The molecule has 0 fully saturated rings. The van der Waals surface area contributed by atoms with Gasteiger partial charge >= 0.3 is 11.9 Å². The summed E-state index contributed by atoms with van der Waals surface area (Å²) in [5.41, 5.74) is 0.314. The molecule has 0 radical (unpaired) electrons. The summed E-state index contributed by atoms with van der Waals surface area (Å²) >= 11 is 3.31. The number of allylic oxidation sites excluding steroid dienone is 2. The van der Waals surface area contributed by atoms with Crippen molar-refractivity contribution in [3.63, 3.8) is 0 Å². The van der Waals surface area contributed by atoms with E-state index in [0.29, 0.717) is 10.0 Å². The molecule has 1 aromatic carbocycles. The summed E-state index contributed by atoms with van der Waals surface area (Å²) in [6.45, 7) is 1.60. The molecular formula is C17H15BrFNO4. The Morgan fingerprint density at radius 3 is 2.42 bits per heavy atom. The number of methoxy groups -OCH3 is 2. The van der Waals surface area contributed by atoms with Gasteiger partial charge < -0.3 is 14.4 Å². The van der Waals surface area contributed by atoms with E-state index in [1.807, 2.05) is 0 Å². The Bertz CT molecular complexity index is 783. The van der Waals surface area contributed by atoms with Gasteiger partial charge in [-0.15, -0.1) is 0 Å². The Hall–Kier alpha value is -2.41. The zero-order valence-corrected chi connectivity index (χ0v) is 14.9. The standard InChI is InChI=1S/C17H15BrFNO4/c1-10-8-11(18)9-13(14(10)19)20-7-5-4-6-12(16(21)23-2)15(20)17(22)24-3/h4-9H,1-3H3. The number of ether oxygens (including phenoxy) is 2. The van der Waals surface area contributed by atoms with Crippen molar-refractivity contribution in [1.29, 1.82) is 0 Å². The minimum Gasteiger partial charge on any atom is -0.465 e. The first kappa shape index (κ1) is 17.9. The Labute approximate surface area is 147 Å². The quantitative estimate of drug-likeness (QED) is 0.734. The van der Waals surface area contributed by atoms with Gasteiger partial charge in [-0.05, 0) is 36.8 Å². The summed E-state index contributed by atoms with van der Waals surface area (Å²) in [5, 5.41) is 0. The van der Waals surface area contributed by atoms with Gasteiger partial charge in [-0.25, -0.2) is 14.0 Å². The zero-order valence-electron chi connectivity index (χ0n) is 13.3. The summed E-state index contributed by atoms with van der Waals surface area (Å²) in [5.74, 6) is -2.04. The van der Waals surface area contributed by atoms with E-state index in [0.717, 1.165) is 0 Å². The first-order valence-electron chi connectivity index (χ1n) is 6.91. The van der Waals surface area contributed by atoms with Gasteiger partial charge in [0.2, 0.25) is 0 Å². The van der Waals surface area contributed by atoms with E-state index in [1.165, 1.54) is 37.5 Å². The van der Waals surface area contributed by atoms with Crippen LogP contribution < -0.4 is 4.90 Å². The van der Waals surface area contributed by atoms with Crippen LogP contribution in [0.25, 0.3) is 0 Å². The maximum atomic E-state index is 14.6. The third-order valence-corrected chi connectivity index (χ3v) is 3.81. The van der Waals surface area contributed by atoms with E-state index in [4.69, 9.17) is 9.47 Å². The van der Waals surface area contributed by atoms with Crippen molar-refractivity contribution in [2.75, 3.05) is 19.1 Å². The van der Waals surface area contributed by atoms with Crippen molar-refractivity contribution in [2.45, 2.75) is 6.92 Å². The zero-order chi connectivity index (χ0) is 17.9. The van der Waals surface area contributed by atoms with E-state index in [-0.39, 0.29) is 17.0 Å². The van der Waals surface area contributed by atoms with Crippen LogP contribution in [0.5, 0.6) is 0 Å². The maximum absolute atomic E-state index is 14.6. The van der Waals surface area contributed by atoms with Crippen LogP contribution in [-0.4, -0.2) is 26.2 Å². The number of hydrogen-bond donors (Lipinski definition) is 0. The molecule has 1 aromatic rings. The lowest BCUT2D eigenvalue weighted by Crippen LogP contribution is -2.27. The number of hydrogen-bond acceptors (Lipinski definition) is 5. The number of anilines is 1. The molecule has 0 saturated carbocycles. The normalized spacial score (nSPS) is 13.8. The van der Waals surface area contributed by atoms with Gasteiger partial charge in [0.05, 0.1) is 25.5 Å². The molecule has 5 nitrogen and oxygen atoms in total. The molecule has 0 saturated heterocycles. The van der Waals surface area contributed by atoms with E-state index in [9.17, 15) is 14.0 Å². The monoisotopic (exact) mass is 395 g/mol. The van der Waals surface area contributed by atoms with Gasteiger partial charge in [-0.2, -0.15) is 0 Å². The summed E-state index contributed by atoms with van der Waals surface area (Å²) in [7, 11) is 2.38. The lowest BCUT2D eigenvalue weighted by molar-refractivity contribution is -0.139. The third kappa shape index (κ3) is 3.41. The topological polar surface area (TPSA) is 55.8 Å². The van der Waals surface area contributed by atoms with Crippen molar-refractivity contribution in [2.24, 2.45) is 0 Å². The van der Waals surface area contributed by atoms with Crippen LogP contribution in [-0.2, 0) is 19.1 Å². The van der Waals surface area contributed by atoms with Gasteiger partial charge in [0.15, 0.2) is 0 Å². The van der Waals surface area contributed by atoms with E-state index < -0.39 is 17.8 Å². The predicted molar refractivity (Wildman–Crippen MR) is 90.7 cm³/mol. The first-order valence-corrected chi connectivity index (χ1v) is 7.70. The molecule has 2 rings (SSSR count). The number of halogens is 2. The summed E-state index contributed by atoms with van der Waals surface area (Å²) < 4.78 is 24.8. The number of carbonyl (C=O) groups is 2. The minimum atomic E-state index is -0.788. The second-order valence-corrected chi connectivity index (χ2v) is 5.79. The van der Waals surface area contributed by atoms with E-state index in [1.54, 1.807) is 25.1 Å². The Morgan fingerprint density at radius 2 is 1.79 bits per heavy atom. The number of nitrogens with zero attached hydrogens (tertiary/aromatic N) is 1. The minimum absolute atomic E-state index is 0.0358. The number of benzene rings is 1. The van der Waals surface area contributed by atoms with Crippen molar-refractivity contribution >= 4 is 33.6 Å². The van der Waals surface area contributed by atoms with Crippen LogP contribution in [0, 0.1) is 12.7 Å². The number of rotatable bonds is 3. The van der Waals surface area contributed by atoms with E-state index in [2.05, 4.69) is 15.9 Å². The number of aryl methyl sites for hydroxylation is 1. The predicted octanol–water partition coefficient (Wildman–Crippen LogP) is 3.39. The summed E-state index contributed by atoms with van der Waals surface area (Å²) in [4.78, 5) is 25.6. The molecule has 0 N–H and O–H groups in total. The third-order valence-electron chi connectivity index (χ3n) is 3.35. The molecule has 0 amide bonds. The summed E-state index contributed by atoms with van der Waals surface area (Å²) in [6.07, 6.45) is 6.02. The highest BCUT2D eigenvalue weighted by atomic mass is 79.9. The highest BCUT2D eigenvalue weighted by Gasteiger charge is 2.29. The molecule has 0 atom stereocenters. The van der Waals surface area contributed by atoms with Crippen molar-refractivity contribution in [3.05, 3.63) is 63.7 Å². The molecule has 1 aliphatic heterocycles. The van der Waals surface area contributed by atoms with Crippen LogP contribution >= 0.6 is 15.9 Å². The highest BCUT2D eigenvalue weighted by molar-refractivity contribution is 9.10. The van der Waals surface area contributed by atoms with Gasteiger partial charge in [0.25, 0.3) is 0 Å². The fraction of sp³-hybridized carbons (Fsp3) is 0.176. The van der Waals surface area contributed by atoms with Gasteiger partial charge in [0.1, 0.15) is 11.5 Å². The molecule has 0 aromatic heterocycles. The van der Waals surface area contributed by atoms with Crippen molar-refractivity contribution in [3.8, 4) is 0 Å². The molecule has 126 valence electrons. The fourth-order valence-electron chi connectivity index (χ4n) is 2.23. The Morgan fingerprint density at radius 1 is 1.12 bits per heavy atom. The molecule has 0 spiro atoms. The average Bonchev–Trinajstić information content (AvgIpc) is 2.79. The number of carbonyl (C=O) groups excluding carboxylic acids is 2. The molecular weight excluding hydrogens is 381 g/mol. The molecule has 1 heterocycles. The lowest BCUT2D eigenvalue weighted by Gasteiger charge is -2.24. The first-order chi connectivity index (χ1) is 11.4. The van der Waals surface area contributed by atoms with Crippen LogP contribution in [0.2, 0.25) is 0 Å². The number of esters is 2. The maximum Gasteiger partial charge on any atom is 0.355 e. The molecule has 0 aliphatic carbocycles. The van der Waals surface area contributed by atoms with Gasteiger partial charge in [-0.3, -0.25) is 0 Å². The van der Waals surface area contributed by atoms with Crippen LogP contribution in [0.15, 0.2) is 52.3 Å². The Balaban J connectivity index is 2.75. The molecule has 7 heteroatoms. The molecule has 0 bridgehead atoms. The van der Waals surface area contributed by atoms with Gasteiger partial charge in [-0.1, -0.05) is 22.0 Å².